The highest BCUT2D eigenvalue weighted by molar-refractivity contribution is 6.00. The zero-order valence-electron chi connectivity index (χ0n) is 22.8. The van der Waals surface area contributed by atoms with E-state index in [1.165, 1.54) is 26.6 Å². The van der Waals surface area contributed by atoms with Gasteiger partial charge in [-0.1, -0.05) is 43.2 Å². The summed E-state index contributed by atoms with van der Waals surface area (Å²) in [5.41, 5.74) is -1.20. The largest absolute Gasteiger partial charge is 0.396 e. The van der Waals surface area contributed by atoms with Crippen LogP contribution in [0.25, 0.3) is 11.1 Å². The SMILES string of the molecule is CN(C)C(=O)c1cn(C[C@]2(O)CCN(C(=O)[C@H](CO)CC(F)(F)F)CC23CCCC3)c(=O)cc1-c1ccccc1. The molecule has 2 N–H and O–H groups in total. The van der Waals surface area contributed by atoms with Crippen molar-refractivity contribution in [1.29, 1.82) is 0 Å². The van der Waals surface area contributed by atoms with Gasteiger partial charge in [-0.15, -0.1) is 0 Å². The molecule has 1 aliphatic carbocycles. The lowest BCUT2D eigenvalue weighted by Gasteiger charge is -2.52. The number of aliphatic hydroxyl groups excluding tert-OH is 1. The number of benzene rings is 1. The van der Waals surface area contributed by atoms with Gasteiger partial charge in [-0.3, -0.25) is 14.4 Å². The maximum absolute atomic E-state index is 13.3. The second-order valence-corrected chi connectivity index (χ2v) is 11.4. The van der Waals surface area contributed by atoms with Gasteiger partial charge in [0.15, 0.2) is 0 Å². The van der Waals surface area contributed by atoms with E-state index in [4.69, 9.17) is 0 Å². The van der Waals surface area contributed by atoms with E-state index in [1.807, 2.05) is 18.2 Å². The molecule has 2 amide bonds. The Balaban J connectivity index is 1.67. The third-order valence-electron chi connectivity index (χ3n) is 8.48. The molecule has 1 spiro atoms. The van der Waals surface area contributed by atoms with Crippen LogP contribution < -0.4 is 5.56 Å². The van der Waals surface area contributed by atoms with Gasteiger partial charge in [-0.25, -0.2) is 0 Å². The third-order valence-corrected chi connectivity index (χ3v) is 8.48. The van der Waals surface area contributed by atoms with Crippen molar-refractivity contribution in [3.8, 4) is 11.1 Å². The van der Waals surface area contributed by atoms with Crippen LogP contribution in [-0.2, 0) is 11.3 Å². The second-order valence-electron chi connectivity index (χ2n) is 11.4. The Bertz CT molecular complexity index is 1290. The molecular weight excluding hydrogens is 527 g/mol. The minimum atomic E-state index is -4.60. The summed E-state index contributed by atoms with van der Waals surface area (Å²) in [5, 5.41) is 21.6. The molecule has 1 aromatic carbocycles. The molecule has 1 saturated heterocycles. The van der Waals surface area contributed by atoms with E-state index < -0.39 is 47.6 Å². The van der Waals surface area contributed by atoms with Gasteiger partial charge in [0.1, 0.15) is 0 Å². The molecule has 40 heavy (non-hydrogen) atoms. The number of nitrogens with zero attached hydrogens (tertiary/aromatic N) is 3. The lowest BCUT2D eigenvalue weighted by atomic mass is 9.65. The summed E-state index contributed by atoms with van der Waals surface area (Å²) in [5.74, 6) is -2.69. The molecule has 11 heteroatoms. The average molecular weight is 564 g/mol. The van der Waals surface area contributed by atoms with Gasteiger partial charge in [0.25, 0.3) is 11.5 Å². The molecule has 4 rings (SSSR count). The minimum absolute atomic E-state index is 0.00816. The number of aromatic nitrogens is 1. The topological polar surface area (TPSA) is 103 Å². The first-order valence-electron chi connectivity index (χ1n) is 13.5. The van der Waals surface area contributed by atoms with Gasteiger partial charge in [0.2, 0.25) is 5.91 Å². The molecule has 0 unspecified atom stereocenters. The van der Waals surface area contributed by atoms with Crippen molar-refractivity contribution in [2.75, 3.05) is 33.8 Å². The van der Waals surface area contributed by atoms with Crippen LogP contribution in [0, 0.1) is 11.3 Å². The van der Waals surface area contributed by atoms with Crippen LogP contribution in [-0.4, -0.2) is 82.0 Å². The summed E-state index contributed by atoms with van der Waals surface area (Å²) in [7, 11) is 3.22. The Morgan fingerprint density at radius 1 is 1.10 bits per heavy atom. The fraction of sp³-hybridized carbons (Fsp3) is 0.552. The Kier molecular flexibility index (Phi) is 8.46. The summed E-state index contributed by atoms with van der Waals surface area (Å²) in [6, 6.07) is 10.4. The first-order valence-corrected chi connectivity index (χ1v) is 13.5. The van der Waals surface area contributed by atoms with Crippen LogP contribution in [0.15, 0.2) is 47.4 Å². The molecule has 1 saturated carbocycles. The standard InChI is InChI=1S/C29H36F3N3O5/c1-33(2)26(39)23-16-35(24(37)14-22(23)20-8-4-3-5-9-20)19-28(40)12-13-34(18-27(28)10-6-7-11-27)25(38)21(17-36)15-29(30,31)32/h3-5,8-9,14,16,21,36,40H,6-7,10-13,15,17-19H2,1-2H3/t21-,28+/m0/s1. The number of rotatable bonds is 7. The van der Waals surface area contributed by atoms with Gasteiger partial charge in [-0.05, 0) is 24.8 Å². The summed E-state index contributed by atoms with van der Waals surface area (Å²) in [6.07, 6.45) is -1.89. The van der Waals surface area contributed by atoms with Crippen LogP contribution in [0.4, 0.5) is 13.2 Å². The summed E-state index contributed by atoms with van der Waals surface area (Å²) < 4.78 is 40.4. The average Bonchev–Trinajstić information content (AvgIpc) is 3.39. The number of halogens is 3. The number of pyridine rings is 1. The molecule has 0 radical (unpaired) electrons. The van der Waals surface area contributed by atoms with Gasteiger partial charge in [0, 0.05) is 50.4 Å². The first-order chi connectivity index (χ1) is 18.8. The number of hydrogen-bond acceptors (Lipinski definition) is 5. The molecule has 2 aromatic rings. The van der Waals surface area contributed by atoms with Crippen molar-refractivity contribution in [3.05, 3.63) is 58.5 Å². The number of aliphatic hydroxyl groups is 2. The van der Waals surface area contributed by atoms with Crippen LogP contribution in [0.1, 0.15) is 48.9 Å². The lowest BCUT2D eigenvalue weighted by molar-refractivity contribution is -0.175. The van der Waals surface area contributed by atoms with Crippen molar-refractivity contribution < 1.29 is 33.0 Å². The van der Waals surface area contributed by atoms with E-state index in [-0.39, 0.29) is 32.0 Å². The molecular formula is C29H36F3N3O5. The second kappa shape index (κ2) is 11.4. The highest BCUT2D eigenvalue weighted by Gasteiger charge is 2.56. The highest BCUT2D eigenvalue weighted by Crippen LogP contribution is 2.52. The van der Waals surface area contributed by atoms with E-state index in [0.717, 1.165) is 12.8 Å². The Hall–Kier alpha value is -3.18. The predicted octanol–water partition coefficient (Wildman–Crippen LogP) is 3.30. The maximum Gasteiger partial charge on any atom is 0.389 e. The quantitative estimate of drug-likeness (QED) is 0.538. The third kappa shape index (κ3) is 5.95. The first kappa shape index (κ1) is 29.8. The van der Waals surface area contributed by atoms with E-state index in [2.05, 4.69) is 0 Å². The zero-order chi connectivity index (χ0) is 29.3. The van der Waals surface area contributed by atoms with Gasteiger partial charge < -0.3 is 24.6 Å². The number of likely N-dealkylation sites (tertiary alicyclic amines) is 1. The maximum atomic E-state index is 13.3. The Morgan fingerprint density at radius 3 is 2.33 bits per heavy atom. The van der Waals surface area contributed by atoms with Crippen molar-refractivity contribution in [1.82, 2.24) is 14.4 Å². The normalized spacial score (nSPS) is 21.4. The zero-order valence-corrected chi connectivity index (χ0v) is 22.8. The van der Waals surface area contributed by atoms with Crippen molar-refractivity contribution >= 4 is 11.8 Å². The highest BCUT2D eigenvalue weighted by atomic mass is 19.4. The predicted molar refractivity (Wildman–Crippen MR) is 142 cm³/mol. The van der Waals surface area contributed by atoms with Gasteiger partial charge in [-0.2, -0.15) is 13.2 Å². The van der Waals surface area contributed by atoms with Crippen LogP contribution in [0.2, 0.25) is 0 Å². The van der Waals surface area contributed by atoms with E-state index in [1.54, 1.807) is 26.2 Å². The van der Waals surface area contributed by atoms with Gasteiger partial charge in [0.05, 0.1) is 36.7 Å². The number of carbonyl (C=O) groups is 2. The summed E-state index contributed by atoms with van der Waals surface area (Å²) >= 11 is 0. The Labute approximate surface area is 231 Å². The summed E-state index contributed by atoms with van der Waals surface area (Å²) in [4.78, 5) is 42.2. The molecule has 2 aliphatic rings. The van der Waals surface area contributed by atoms with Crippen LogP contribution in [0.3, 0.4) is 0 Å². The molecule has 2 atom stereocenters. The number of piperidine rings is 1. The van der Waals surface area contributed by atoms with Crippen LogP contribution in [0.5, 0.6) is 0 Å². The van der Waals surface area contributed by atoms with Gasteiger partial charge >= 0.3 is 6.18 Å². The Morgan fingerprint density at radius 2 is 1.75 bits per heavy atom. The molecule has 8 nitrogen and oxygen atoms in total. The molecule has 2 heterocycles. The molecule has 2 fully saturated rings. The molecule has 218 valence electrons. The van der Waals surface area contributed by atoms with E-state index in [9.17, 15) is 37.8 Å². The van der Waals surface area contributed by atoms with E-state index in [0.29, 0.717) is 29.5 Å². The molecule has 0 bridgehead atoms. The number of amides is 2. The number of carbonyl (C=O) groups excluding carboxylic acids is 2. The van der Waals surface area contributed by atoms with Crippen molar-refractivity contribution in [2.45, 2.75) is 56.8 Å². The van der Waals surface area contributed by atoms with Crippen molar-refractivity contribution in [2.24, 2.45) is 11.3 Å². The lowest BCUT2D eigenvalue weighted by Crippen LogP contribution is -2.62. The minimum Gasteiger partial charge on any atom is -0.396 e. The van der Waals surface area contributed by atoms with Crippen molar-refractivity contribution in [3.63, 3.8) is 0 Å². The molecule has 1 aliphatic heterocycles. The number of alkyl halides is 3. The fourth-order valence-corrected chi connectivity index (χ4v) is 6.30. The fourth-order valence-electron chi connectivity index (χ4n) is 6.30. The number of hydrogen-bond donors (Lipinski definition) is 2. The monoisotopic (exact) mass is 563 g/mol. The summed E-state index contributed by atoms with van der Waals surface area (Å²) in [6.45, 7) is -1.01. The van der Waals surface area contributed by atoms with E-state index >= 15 is 0 Å². The molecule has 1 aromatic heterocycles. The van der Waals surface area contributed by atoms with Crippen LogP contribution >= 0.6 is 0 Å². The smallest absolute Gasteiger partial charge is 0.389 e.